The third-order valence-corrected chi connectivity index (χ3v) is 7.13. The summed E-state index contributed by atoms with van der Waals surface area (Å²) in [6.45, 7) is 3.20. The number of aromatic amines is 1. The van der Waals surface area contributed by atoms with Gasteiger partial charge in [0.05, 0.1) is 31.4 Å². The number of rotatable bonds is 7. The average molecular weight is 504 g/mol. The number of aromatic nitrogens is 6. The number of fused-ring (bicyclic) bond motifs is 1. The molecule has 0 spiro atoms. The van der Waals surface area contributed by atoms with E-state index in [0.717, 1.165) is 78.9 Å². The summed E-state index contributed by atoms with van der Waals surface area (Å²) in [4.78, 5) is 12.0. The van der Waals surface area contributed by atoms with Crippen molar-refractivity contribution in [2.45, 2.75) is 38.1 Å². The van der Waals surface area contributed by atoms with Crippen LogP contribution >= 0.6 is 0 Å². The van der Waals surface area contributed by atoms with Gasteiger partial charge in [0.15, 0.2) is 5.65 Å². The lowest BCUT2D eigenvalue weighted by molar-refractivity contribution is 0.122. The molecule has 1 aromatic carbocycles. The first kappa shape index (κ1) is 23.5. The van der Waals surface area contributed by atoms with Gasteiger partial charge in [-0.05, 0) is 31.0 Å². The molecule has 1 aliphatic heterocycles. The third-order valence-electron chi connectivity index (χ3n) is 7.13. The maximum atomic E-state index is 5.73. The van der Waals surface area contributed by atoms with Gasteiger partial charge in [0.25, 0.3) is 0 Å². The quantitative estimate of drug-likeness (QED) is 0.343. The lowest BCUT2D eigenvalue weighted by Gasteiger charge is -2.29. The van der Waals surface area contributed by atoms with Crippen molar-refractivity contribution in [3.05, 3.63) is 30.5 Å². The number of morpholine rings is 1. The zero-order valence-corrected chi connectivity index (χ0v) is 21.3. The second-order valence-corrected chi connectivity index (χ2v) is 9.65. The summed E-state index contributed by atoms with van der Waals surface area (Å²) in [6.07, 6.45) is 7.90. The van der Waals surface area contributed by atoms with Crippen LogP contribution in [0, 0.1) is 0 Å². The number of nitrogens with zero attached hydrogens (tertiary/aromatic N) is 6. The first-order valence-corrected chi connectivity index (χ1v) is 13.0. The van der Waals surface area contributed by atoms with Gasteiger partial charge >= 0.3 is 0 Å². The van der Waals surface area contributed by atoms with Crippen LogP contribution in [-0.4, -0.2) is 69.4 Å². The van der Waals surface area contributed by atoms with Crippen LogP contribution in [0.5, 0.6) is 5.75 Å². The Morgan fingerprint density at radius 2 is 1.92 bits per heavy atom. The number of methoxy groups -OCH3 is 1. The summed E-state index contributed by atoms with van der Waals surface area (Å²) >= 11 is 0. The van der Waals surface area contributed by atoms with Crippen LogP contribution in [-0.2, 0) is 11.8 Å². The Balaban J connectivity index is 1.35. The van der Waals surface area contributed by atoms with E-state index in [0.29, 0.717) is 17.6 Å². The Kier molecular flexibility index (Phi) is 6.52. The monoisotopic (exact) mass is 503 g/mol. The lowest BCUT2D eigenvalue weighted by atomic mass is 9.95. The van der Waals surface area contributed by atoms with E-state index in [2.05, 4.69) is 36.9 Å². The highest BCUT2D eigenvalue weighted by molar-refractivity contribution is 5.99. The average Bonchev–Trinajstić information content (AvgIpc) is 3.56. The van der Waals surface area contributed by atoms with E-state index in [1.807, 2.05) is 31.4 Å². The molecule has 2 fully saturated rings. The smallest absolute Gasteiger partial charge is 0.231 e. The number of hydrogen-bond donors (Lipinski definition) is 3. The minimum absolute atomic E-state index is 0.369. The molecule has 1 saturated carbocycles. The summed E-state index contributed by atoms with van der Waals surface area (Å²) in [7, 11) is 3.58. The van der Waals surface area contributed by atoms with Gasteiger partial charge in [0.1, 0.15) is 23.0 Å². The highest BCUT2D eigenvalue weighted by Gasteiger charge is 2.22. The van der Waals surface area contributed by atoms with E-state index in [9.17, 15) is 0 Å². The zero-order valence-electron chi connectivity index (χ0n) is 21.3. The normalized spacial score (nSPS) is 16.8. The molecule has 3 N–H and O–H groups in total. The van der Waals surface area contributed by atoms with E-state index in [-0.39, 0.29) is 0 Å². The van der Waals surface area contributed by atoms with Gasteiger partial charge < -0.3 is 25.0 Å². The molecule has 0 bridgehead atoms. The van der Waals surface area contributed by atoms with Gasteiger partial charge in [-0.15, -0.1) is 0 Å². The van der Waals surface area contributed by atoms with E-state index >= 15 is 0 Å². The molecular weight excluding hydrogens is 470 g/mol. The Morgan fingerprint density at radius 1 is 1.08 bits per heavy atom. The second kappa shape index (κ2) is 10.3. The van der Waals surface area contributed by atoms with Crippen molar-refractivity contribution < 1.29 is 9.47 Å². The van der Waals surface area contributed by atoms with Gasteiger partial charge in [-0.25, -0.2) is 0 Å². The number of H-pyrrole nitrogens is 1. The number of hydrogen-bond acceptors (Lipinski definition) is 9. The summed E-state index contributed by atoms with van der Waals surface area (Å²) in [5.74, 6) is 1.96. The van der Waals surface area contributed by atoms with Crippen LogP contribution in [0.25, 0.3) is 22.4 Å². The molecule has 11 nitrogen and oxygen atoms in total. The Bertz CT molecular complexity index is 1370. The molecule has 1 aliphatic carbocycles. The van der Waals surface area contributed by atoms with Crippen LogP contribution in [0.2, 0.25) is 0 Å². The third kappa shape index (κ3) is 4.91. The predicted octanol–water partition coefficient (Wildman–Crippen LogP) is 4.09. The number of benzene rings is 1. The maximum Gasteiger partial charge on any atom is 0.231 e. The molecule has 4 heterocycles. The topological polar surface area (TPSA) is 118 Å². The van der Waals surface area contributed by atoms with Gasteiger partial charge in [0, 0.05) is 44.1 Å². The summed E-state index contributed by atoms with van der Waals surface area (Å²) in [5.41, 5.74) is 4.08. The molecule has 0 amide bonds. The minimum Gasteiger partial charge on any atom is -0.494 e. The molecule has 6 rings (SSSR count). The molecule has 0 atom stereocenters. The fraction of sp³-hybridized carbons (Fsp3) is 0.462. The highest BCUT2D eigenvalue weighted by atomic mass is 16.5. The zero-order chi connectivity index (χ0) is 25.2. The fourth-order valence-corrected chi connectivity index (χ4v) is 5.18. The number of ether oxygens (including phenoxy) is 2. The minimum atomic E-state index is 0.369. The molecule has 37 heavy (non-hydrogen) atoms. The van der Waals surface area contributed by atoms with Crippen LogP contribution in [0.4, 0.5) is 23.1 Å². The Morgan fingerprint density at radius 3 is 2.68 bits per heavy atom. The first-order valence-electron chi connectivity index (χ1n) is 13.0. The van der Waals surface area contributed by atoms with Crippen molar-refractivity contribution in [1.82, 2.24) is 29.9 Å². The van der Waals surface area contributed by atoms with Crippen molar-refractivity contribution in [3.63, 3.8) is 0 Å². The predicted molar refractivity (Wildman–Crippen MR) is 144 cm³/mol. The lowest BCUT2D eigenvalue weighted by Crippen LogP contribution is -2.36. The van der Waals surface area contributed by atoms with E-state index in [1.165, 1.54) is 19.3 Å². The maximum absolute atomic E-state index is 5.73. The molecule has 1 saturated heterocycles. The molecule has 0 radical (unpaired) electrons. The van der Waals surface area contributed by atoms with E-state index in [4.69, 9.17) is 19.4 Å². The van der Waals surface area contributed by atoms with Crippen molar-refractivity contribution in [2.24, 2.45) is 7.05 Å². The van der Waals surface area contributed by atoms with E-state index in [1.54, 1.807) is 11.8 Å². The van der Waals surface area contributed by atoms with Gasteiger partial charge in [0.2, 0.25) is 5.95 Å². The van der Waals surface area contributed by atoms with Crippen molar-refractivity contribution in [1.29, 1.82) is 0 Å². The molecule has 2 aliphatic rings. The SMILES string of the molecule is COc1cc(N2CCOCC2)ccc1Nc1nc(NC2CCCCC2)c2c(-c3ccn(C)n3)n[nH]c2n1. The molecule has 3 aromatic heterocycles. The fourth-order valence-electron chi connectivity index (χ4n) is 5.18. The van der Waals surface area contributed by atoms with Crippen molar-refractivity contribution in [3.8, 4) is 17.1 Å². The standard InChI is InChI=1S/C26H33N9O2/c1-34-11-10-20(33-34)23-22-24(27-17-6-4-3-5-7-17)29-26(30-25(22)32-31-23)28-19-9-8-18(16-21(19)36-2)35-12-14-37-15-13-35/h8-11,16-17H,3-7,12-15H2,1-2H3,(H3,27,28,29,30,31,32). The second-order valence-electron chi connectivity index (χ2n) is 9.65. The molecule has 11 heteroatoms. The van der Waals surface area contributed by atoms with Crippen LogP contribution in [0.15, 0.2) is 30.5 Å². The molecule has 0 unspecified atom stereocenters. The van der Waals surface area contributed by atoms with Crippen LogP contribution in [0.1, 0.15) is 32.1 Å². The largest absolute Gasteiger partial charge is 0.494 e. The molecule has 194 valence electrons. The molecule has 4 aromatic rings. The number of anilines is 4. The first-order chi connectivity index (χ1) is 18.2. The van der Waals surface area contributed by atoms with E-state index < -0.39 is 0 Å². The Labute approximate surface area is 215 Å². The molecular formula is C26H33N9O2. The summed E-state index contributed by atoms with van der Waals surface area (Å²) in [6, 6.07) is 8.46. The highest BCUT2D eigenvalue weighted by Crippen LogP contribution is 2.35. The number of aryl methyl sites for hydroxylation is 1. The van der Waals surface area contributed by atoms with Gasteiger partial charge in [-0.2, -0.15) is 20.2 Å². The van der Waals surface area contributed by atoms with Crippen LogP contribution < -0.4 is 20.3 Å². The van der Waals surface area contributed by atoms with Gasteiger partial charge in [-0.1, -0.05) is 19.3 Å². The summed E-state index contributed by atoms with van der Waals surface area (Å²) in [5, 5.41) is 20.2. The van der Waals surface area contributed by atoms with Crippen molar-refractivity contribution in [2.75, 3.05) is 48.9 Å². The van der Waals surface area contributed by atoms with Crippen LogP contribution in [0.3, 0.4) is 0 Å². The van der Waals surface area contributed by atoms with Gasteiger partial charge in [-0.3, -0.25) is 9.78 Å². The van der Waals surface area contributed by atoms with Crippen molar-refractivity contribution >= 4 is 34.2 Å². The summed E-state index contributed by atoms with van der Waals surface area (Å²) < 4.78 is 13.0. The number of nitrogens with one attached hydrogen (secondary N) is 3. The Hall–Kier alpha value is -3.86.